The number of alkyl carbamates (subject to hydrolysis) is 1. The first-order valence-electron chi connectivity index (χ1n) is 7.77. The molecule has 1 aromatic carbocycles. The van der Waals surface area contributed by atoms with Crippen molar-refractivity contribution in [2.45, 2.75) is 50.3 Å². The summed E-state index contributed by atoms with van der Waals surface area (Å²) in [6.45, 7) is 6.75. The maximum absolute atomic E-state index is 12.4. The number of amides is 1. The number of ether oxygens (including phenoxy) is 1. The Labute approximate surface area is 156 Å². The number of nitrogens with zero attached hydrogens (tertiary/aromatic N) is 2. The monoisotopic (exact) mass is 401 g/mol. The lowest BCUT2D eigenvalue weighted by molar-refractivity contribution is 0.0500. The maximum atomic E-state index is 12.4. The number of carbonyl (C=O) groups is 1. The van der Waals surface area contributed by atoms with Gasteiger partial charge in [0, 0.05) is 5.02 Å². The van der Waals surface area contributed by atoms with E-state index < -0.39 is 32.8 Å². The Morgan fingerprint density at radius 1 is 1.31 bits per heavy atom. The van der Waals surface area contributed by atoms with Gasteiger partial charge in [-0.25, -0.2) is 13.2 Å². The summed E-state index contributed by atoms with van der Waals surface area (Å²) >= 11 is 5.99. The number of sulfone groups is 1. The molecular weight excluding hydrogens is 382 g/mol. The summed E-state index contributed by atoms with van der Waals surface area (Å²) in [7, 11) is -3.87. The van der Waals surface area contributed by atoms with E-state index in [4.69, 9.17) is 20.8 Å². The van der Waals surface area contributed by atoms with E-state index in [1.807, 2.05) is 0 Å². The minimum absolute atomic E-state index is 0.0476. The maximum Gasteiger partial charge on any atom is 0.408 e. The molecule has 0 saturated carbocycles. The Morgan fingerprint density at radius 3 is 2.58 bits per heavy atom. The zero-order valence-corrected chi connectivity index (χ0v) is 16.4. The molecule has 0 fully saturated rings. The van der Waals surface area contributed by atoms with Crippen molar-refractivity contribution < 1.29 is 22.4 Å². The molecule has 1 aromatic heterocycles. The highest BCUT2D eigenvalue weighted by atomic mass is 35.5. The van der Waals surface area contributed by atoms with Crippen LogP contribution in [-0.2, 0) is 20.3 Å². The molecule has 1 N–H and O–H groups in total. The normalized spacial score (nSPS) is 13.3. The quantitative estimate of drug-likeness (QED) is 0.817. The average Bonchev–Trinajstić information content (AvgIpc) is 2.98. The highest BCUT2D eigenvalue weighted by Gasteiger charge is 2.27. The molecule has 1 atom stereocenters. The van der Waals surface area contributed by atoms with Crippen LogP contribution in [0.15, 0.2) is 33.9 Å². The first-order valence-corrected chi connectivity index (χ1v) is 9.80. The first kappa shape index (κ1) is 20.2. The molecule has 1 heterocycles. The fraction of sp³-hybridized carbons (Fsp3) is 0.438. The fourth-order valence-corrected chi connectivity index (χ4v) is 3.39. The van der Waals surface area contributed by atoms with Crippen LogP contribution in [-0.4, -0.2) is 30.3 Å². The van der Waals surface area contributed by atoms with Crippen molar-refractivity contribution in [3.05, 3.63) is 40.7 Å². The topological polar surface area (TPSA) is 111 Å². The molecule has 1 amide bonds. The van der Waals surface area contributed by atoms with Gasteiger partial charge in [-0.2, -0.15) is 0 Å². The third kappa shape index (κ3) is 5.43. The smallest absolute Gasteiger partial charge is 0.408 e. The lowest BCUT2D eigenvalue weighted by Gasteiger charge is -2.20. The van der Waals surface area contributed by atoms with Crippen LogP contribution in [0.1, 0.15) is 45.2 Å². The van der Waals surface area contributed by atoms with E-state index >= 15 is 0 Å². The van der Waals surface area contributed by atoms with Crippen molar-refractivity contribution in [1.82, 2.24) is 15.5 Å². The molecule has 2 rings (SSSR count). The predicted molar refractivity (Wildman–Crippen MR) is 94.4 cm³/mol. The Bertz CT molecular complexity index is 889. The summed E-state index contributed by atoms with van der Waals surface area (Å²) < 4.78 is 35.2. The van der Waals surface area contributed by atoms with Crippen LogP contribution in [0, 0.1) is 0 Å². The van der Waals surface area contributed by atoms with Crippen molar-refractivity contribution in [2.75, 3.05) is 0 Å². The molecule has 0 bridgehead atoms. The molecular formula is C16H20ClN3O5S. The van der Waals surface area contributed by atoms with Gasteiger partial charge in [-0.3, -0.25) is 0 Å². The molecule has 0 aliphatic rings. The highest BCUT2D eigenvalue weighted by Crippen LogP contribution is 2.22. The van der Waals surface area contributed by atoms with Crippen molar-refractivity contribution in [2.24, 2.45) is 0 Å². The van der Waals surface area contributed by atoms with Crippen LogP contribution >= 0.6 is 11.6 Å². The Morgan fingerprint density at radius 2 is 1.96 bits per heavy atom. The summed E-state index contributed by atoms with van der Waals surface area (Å²) in [5, 5.41) is 9.57. The number of aromatic nitrogens is 2. The summed E-state index contributed by atoms with van der Waals surface area (Å²) in [6, 6.07) is 5.86. The van der Waals surface area contributed by atoms with E-state index in [9.17, 15) is 13.2 Å². The van der Waals surface area contributed by atoms with Crippen LogP contribution in [0.2, 0.25) is 5.02 Å². The minimum atomic E-state index is -3.87. The number of halogens is 1. The second-order valence-electron chi connectivity index (χ2n) is 6.62. The van der Waals surface area contributed by atoms with Gasteiger partial charge in [0.2, 0.25) is 15.7 Å². The minimum Gasteiger partial charge on any atom is -0.444 e. The van der Waals surface area contributed by atoms with Gasteiger partial charge >= 0.3 is 11.3 Å². The Kier molecular flexibility index (Phi) is 5.92. The lowest BCUT2D eigenvalue weighted by atomic mass is 10.2. The first-order chi connectivity index (χ1) is 12.0. The lowest BCUT2D eigenvalue weighted by Crippen LogP contribution is -2.34. The summed E-state index contributed by atoms with van der Waals surface area (Å²) in [6.07, 6.45) is -0.677. The van der Waals surface area contributed by atoms with Crippen LogP contribution in [0.25, 0.3) is 0 Å². The molecule has 0 saturated heterocycles. The Balaban J connectivity index is 2.10. The summed E-state index contributed by atoms with van der Waals surface area (Å²) in [4.78, 5) is 11.8. The molecule has 0 spiro atoms. The van der Waals surface area contributed by atoms with E-state index in [1.54, 1.807) is 52.0 Å². The number of rotatable bonds is 5. The molecule has 0 radical (unpaired) electrons. The van der Waals surface area contributed by atoms with Gasteiger partial charge in [-0.1, -0.05) is 34.9 Å². The van der Waals surface area contributed by atoms with Gasteiger partial charge in [0.1, 0.15) is 11.6 Å². The van der Waals surface area contributed by atoms with E-state index in [0.717, 1.165) is 0 Å². The zero-order chi connectivity index (χ0) is 19.5. The van der Waals surface area contributed by atoms with Crippen molar-refractivity contribution in [3.63, 3.8) is 0 Å². The molecule has 0 unspecified atom stereocenters. The summed E-state index contributed by atoms with van der Waals surface area (Å²) in [5.74, 6) is -0.420. The standard InChI is InChI=1S/C16H20ClN3O5S/c1-10(18-14(21)25-16(2,3)4)13-19-20-15(24-13)26(22,23)9-11-7-5-6-8-12(11)17/h5-8,10H,9H2,1-4H3,(H,18,21)/t10-/m0/s1. The van der Waals surface area contributed by atoms with Crippen molar-refractivity contribution in [3.8, 4) is 0 Å². The van der Waals surface area contributed by atoms with Crippen molar-refractivity contribution in [1.29, 1.82) is 0 Å². The molecule has 8 nitrogen and oxygen atoms in total. The number of nitrogens with one attached hydrogen (secondary N) is 1. The second-order valence-corrected chi connectivity index (χ2v) is 8.90. The van der Waals surface area contributed by atoms with Gasteiger partial charge in [0.15, 0.2) is 0 Å². The zero-order valence-electron chi connectivity index (χ0n) is 14.8. The number of hydrogen-bond donors (Lipinski definition) is 1. The van der Waals surface area contributed by atoms with Gasteiger partial charge in [0.05, 0.1) is 5.75 Å². The molecule has 0 aliphatic heterocycles. The van der Waals surface area contributed by atoms with Crippen molar-refractivity contribution >= 4 is 27.5 Å². The average molecular weight is 402 g/mol. The molecule has 26 heavy (non-hydrogen) atoms. The molecule has 142 valence electrons. The predicted octanol–water partition coefficient (Wildman–Crippen LogP) is 3.28. The SMILES string of the molecule is C[C@H](NC(=O)OC(C)(C)C)c1nnc(S(=O)(=O)Cc2ccccc2Cl)o1. The van der Waals surface area contributed by atoms with Crippen LogP contribution in [0.3, 0.4) is 0 Å². The molecule has 2 aromatic rings. The van der Waals surface area contributed by atoms with Gasteiger partial charge in [0.25, 0.3) is 0 Å². The van der Waals surface area contributed by atoms with Crippen LogP contribution in [0.5, 0.6) is 0 Å². The molecule has 10 heteroatoms. The Hall–Kier alpha value is -2.13. The third-order valence-corrected chi connectivity index (χ3v) is 4.85. The number of carbonyl (C=O) groups excluding carboxylic acids is 1. The third-order valence-electron chi connectivity index (χ3n) is 3.10. The van der Waals surface area contributed by atoms with Gasteiger partial charge in [-0.05, 0) is 39.3 Å². The highest BCUT2D eigenvalue weighted by molar-refractivity contribution is 7.90. The largest absolute Gasteiger partial charge is 0.444 e. The van der Waals surface area contributed by atoms with Crippen LogP contribution in [0.4, 0.5) is 4.79 Å². The van der Waals surface area contributed by atoms with E-state index in [0.29, 0.717) is 10.6 Å². The van der Waals surface area contributed by atoms with E-state index in [2.05, 4.69) is 15.5 Å². The van der Waals surface area contributed by atoms with E-state index in [1.165, 1.54) is 0 Å². The van der Waals surface area contributed by atoms with Gasteiger partial charge < -0.3 is 14.5 Å². The fourth-order valence-electron chi connectivity index (χ4n) is 1.95. The molecule has 0 aliphatic carbocycles. The van der Waals surface area contributed by atoms with Gasteiger partial charge in [-0.15, -0.1) is 5.10 Å². The number of hydrogen-bond acceptors (Lipinski definition) is 7. The summed E-state index contributed by atoms with van der Waals surface area (Å²) in [5.41, 5.74) is -0.240. The second kappa shape index (κ2) is 7.63. The van der Waals surface area contributed by atoms with Crippen LogP contribution < -0.4 is 5.32 Å². The number of benzene rings is 1. The van der Waals surface area contributed by atoms with E-state index in [-0.39, 0.29) is 11.6 Å².